The van der Waals surface area contributed by atoms with E-state index in [1.165, 1.54) is 4.31 Å². The summed E-state index contributed by atoms with van der Waals surface area (Å²) in [5.74, 6) is 0.0662. The molecule has 0 amide bonds. The zero-order valence-electron chi connectivity index (χ0n) is 12.5. The van der Waals surface area contributed by atoms with Crippen LogP contribution >= 0.6 is 0 Å². The lowest BCUT2D eigenvalue weighted by atomic mass is 10.0. The van der Waals surface area contributed by atoms with E-state index in [1.807, 2.05) is 5.01 Å². The molecule has 2 N–H and O–H groups in total. The van der Waals surface area contributed by atoms with Crippen LogP contribution in [-0.2, 0) is 10.2 Å². The van der Waals surface area contributed by atoms with E-state index in [-0.39, 0.29) is 24.6 Å². The smallest absolute Gasteiger partial charge is 0.292 e. The SMILES string of the molecule is CC1CCCC(C)N1NS(=O)(=O)N1CCCC(CO)C1. The number of aliphatic hydroxyl groups excluding tert-OH is 1. The molecule has 2 aliphatic heterocycles. The van der Waals surface area contributed by atoms with E-state index in [4.69, 9.17) is 0 Å². The molecule has 2 saturated heterocycles. The highest BCUT2D eigenvalue weighted by atomic mass is 32.2. The Balaban J connectivity index is 2.02. The summed E-state index contributed by atoms with van der Waals surface area (Å²) < 4.78 is 26.5. The number of aliphatic hydroxyl groups is 1. The Kier molecular flexibility index (Phi) is 5.42. The lowest BCUT2D eigenvalue weighted by Crippen LogP contribution is -2.58. The summed E-state index contributed by atoms with van der Waals surface area (Å²) >= 11 is 0. The van der Waals surface area contributed by atoms with Crippen LogP contribution in [0.4, 0.5) is 0 Å². The molecule has 2 rings (SSSR count). The molecule has 0 aromatic carbocycles. The van der Waals surface area contributed by atoms with Crippen molar-refractivity contribution in [3.05, 3.63) is 0 Å². The Labute approximate surface area is 122 Å². The van der Waals surface area contributed by atoms with Crippen LogP contribution in [0.1, 0.15) is 46.0 Å². The van der Waals surface area contributed by atoms with Gasteiger partial charge in [0.15, 0.2) is 0 Å². The standard InChI is InChI=1S/C13H27N3O3S/c1-11-5-3-6-12(2)16(11)14-20(18,19)15-8-4-7-13(9-15)10-17/h11-14,17H,3-10H2,1-2H3. The monoisotopic (exact) mass is 305 g/mol. The average molecular weight is 305 g/mol. The predicted molar refractivity (Wildman–Crippen MR) is 78.1 cm³/mol. The van der Waals surface area contributed by atoms with Crippen LogP contribution < -0.4 is 4.83 Å². The summed E-state index contributed by atoms with van der Waals surface area (Å²) in [6, 6.07) is 0.457. The molecule has 20 heavy (non-hydrogen) atoms. The Hall–Kier alpha value is -0.210. The third-order valence-electron chi connectivity index (χ3n) is 4.49. The Morgan fingerprint density at radius 2 is 1.80 bits per heavy atom. The van der Waals surface area contributed by atoms with Gasteiger partial charge in [-0.3, -0.25) is 0 Å². The van der Waals surface area contributed by atoms with Crippen molar-refractivity contribution < 1.29 is 13.5 Å². The second-order valence-electron chi connectivity index (χ2n) is 6.18. The topological polar surface area (TPSA) is 72.9 Å². The van der Waals surface area contributed by atoms with Gasteiger partial charge >= 0.3 is 0 Å². The van der Waals surface area contributed by atoms with Gasteiger partial charge in [-0.1, -0.05) is 6.42 Å². The minimum atomic E-state index is -3.49. The van der Waals surface area contributed by atoms with Crippen molar-refractivity contribution in [3.8, 4) is 0 Å². The number of nitrogens with one attached hydrogen (secondary N) is 1. The van der Waals surface area contributed by atoms with Gasteiger partial charge in [0.25, 0.3) is 10.2 Å². The largest absolute Gasteiger partial charge is 0.396 e. The van der Waals surface area contributed by atoms with Crippen LogP contribution in [0.3, 0.4) is 0 Å². The maximum Gasteiger partial charge on any atom is 0.292 e. The van der Waals surface area contributed by atoms with Gasteiger partial charge in [0.05, 0.1) is 0 Å². The highest BCUT2D eigenvalue weighted by Gasteiger charge is 2.33. The molecule has 0 bridgehead atoms. The molecule has 0 spiro atoms. The van der Waals surface area contributed by atoms with E-state index in [0.717, 1.165) is 32.1 Å². The molecular formula is C13H27N3O3S. The van der Waals surface area contributed by atoms with Gasteiger partial charge in [-0.25, -0.2) is 5.01 Å². The normalized spacial score (nSPS) is 34.2. The summed E-state index contributed by atoms with van der Waals surface area (Å²) in [7, 11) is -3.49. The second kappa shape index (κ2) is 6.70. The van der Waals surface area contributed by atoms with Gasteiger partial charge < -0.3 is 5.11 Å². The van der Waals surface area contributed by atoms with Crippen LogP contribution in [0.15, 0.2) is 0 Å². The average Bonchev–Trinajstić information content (AvgIpc) is 2.43. The molecule has 0 aromatic rings. The summed E-state index contributed by atoms with van der Waals surface area (Å²) in [5.41, 5.74) is 0. The van der Waals surface area contributed by atoms with E-state index in [1.54, 1.807) is 0 Å². The van der Waals surface area contributed by atoms with E-state index in [9.17, 15) is 13.5 Å². The predicted octanol–water partition coefficient (Wildman–Crippen LogP) is 0.703. The molecule has 6 nitrogen and oxygen atoms in total. The van der Waals surface area contributed by atoms with Crippen LogP contribution in [0.2, 0.25) is 0 Å². The fraction of sp³-hybridized carbons (Fsp3) is 1.00. The quantitative estimate of drug-likeness (QED) is 0.802. The van der Waals surface area contributed by atoms with Crippen LogP contribution in [0, 0.1) is 5.92 Å². The van der Waals surface area contributed by atoms with Gasteiger partial charge in [0, 0.05) is 31.8 Å². The first-order valence-corrected chi connectivity index (χ1v) is 9.04. The molecule has 0 aromatic heterocycles. The highest BCUT2D eigenvalue weighted by Crippen LogP contribution is 2.23. The van der Waals surface area contributed by atoms with Gasteiger partial charge in [-0.15, -0.1) is 4.83 Å². The van der Waals surface area contributed by atoms with Crippen LogP contribution in [0.25, 0.3) is 0 Å². The molecule has 0 aliphatic carbocycles. The molecule has 3 unspecified atom stereocenters. The first-order valence-electron chi connectivity index (χ1n) is 7.60. The van der Waals surface area contributed by atoms with Gasteiger partial charge in [-0.05, 0) is 45.4 Å². The Bertz CT molecular complexity index is 405. The maximum atomic E-state index is 12.5. The summed E-state index contributed by atoms with van der Waals surface area (Å²) in [4.78, 5) is 2.76. The van der Waals surface area contributed by atoms with Gasteiger partial charge in [-0.2, -0.15) is 12.7 Å². The first-order chi connectivity index (χ1) is 9.44. The van der Waals surface area contributed by atoms with E-state index in [2.05, 4.69) is 18.7 Å². The molecule has 2 heterocycles. The fourth-order valence-electron chi connectivity index (χ4n) is 3.19. The Morgan fingerprint density at radius 1 is 1.15 bits per heavy atom. The highest BCUT2D eigenvalue weighted by molar-refractivity contribution is 7.87. The van der Waals surface area contributed by atoms with E-state index < -0.39 is 10.2 Å². The number of hydrogen-bond acceptors (Lipinski definition) is 4. The molecule has 2 aliphatic rings. The minimum absolute atomic E-state index is 0.0581. The number of hydrogen-bond donors (Lipinski definition) is 2. The van der Waals surface area contributed by atoms with Gasteiger partial charge in [0.2, 0.25) is 0 Å². The zero-order valence-corrected chi connectivity index (χ0v) is 13.3. The molecule has 118 valence electrons. The molecule has 7 heteroatoms. The molecule has 0 radical (unpaired) electrons. The van der Waals surface area contributed by atoms with E-state index >= 15 is 0 Å². The van der Waals surface area contributed by atoms with Crippen molar-refractivity contribution in [2.45, 2.75) is 58.0 Å². The molecular weight excluding hydrogens is 278 g/mol. The first kappa shape index (κ1) is 16.2. The lowest BCUT2D eigenvalue weighted by molar-refractivity contribution is 0.0739. The summed E-state index contributed by atoms with van der Waals surface area (Å²) in [6.45, 7) is 5.14. The van der Waals surface area contributed by atoms with Crippen molar-refractivity contribution in [1.82, 2.24) is 14.1 Å². The molecule has 2 fully saturated rings. The third-order valence-corrected chi connectivity index (χ3v) is 5.95. The van der Waals surface area contributed by atoms with Crippen molar-refractivity contribution in [3.63, 3.8) is 0 Å². The summed E-state index contributed by atoms with van der Waals surface area (Å²) in [6.07, 6.45) is 4.91. The third kappa shape index (κ3) is 3.71. The number of nitrogens with zero attached hydrogens (tertiary/aromatic N) is 2. The van der Waals surface area contributed by atoms with Crippen LogP contribution in [0.5, 0.6) is 0 Å². The lowest BCUT2D eigenvalue weighted by Gasteiger charge is -2.40. The van der Waals surface area contributed by atoms with Crippen molar-refractivity contribution in [2.75, 3.05) is 19.7 Å². The Morgan fingerprint density at radius 3 is 2.40 bits per heavy atom. The zero-order chi connectivity index (χ0) is 14.8. The van der Waals surface area contributed by atoms with Crippen LogP contribution in [-0.4, -0.2) is 54.6 Å². The number of rotatable bonds is 4. The minimum Gasteiger partial charge on any atom is -0.396 e. The van der Waals surface area contributed by atoms with Crippen molar-refractivity contribution >= 4 is 10.2 Å². The van der Waals surface area contributed by atoms with Crippen molar-refractivity contribution in [1.29, 1.82) is 0 Å². The summed E-state index contributed by atoms with van der Waals surface area (Å²) in [5, 5.41) is 11.1. The second-order valence-corrected chi connectivity index (χ2v) is 7.83. The van der Waals surface area contributed by atoms with Gasteiger partial charge in [0.1, 0.15) is 0 Å². The van der Waals surface area contributed by atoms with E-state index in [0.29, 0.717) is 13.1 Å². The molecule has 3 atom stereocenters. The fourth-order valence-corrected chi connectivity index (χ4v) is 4.70. The maximum absolute atomic E-state index is 12.5. The number of piperidine rings is 2. The number of hydrazine groups is 1. The van der Waals surface area contributed by atoms with Crippen molar-refractivity contribution in [2.24, 2.45) is 5.92 Å². The molecule has 0 saturated carbocycles.